The van der Waals surface area contributed by atoms with Crippen LogP contribution in [-0.4, -0.2) is 15.8 Å². The maximum atomic E-state index is 7.34. The van der Waals surface area contributed by atoms with E-state index in [0.29, 0.717) is 6.42 Å². The number of amidine groups is 1. The molecule has 3 rings (SSSR count). The lowest BCUT2D eigenvalue weighted by molar-refractivity contribution is 0.590. The fourth-order valence-corrected chi connectivity index (χ4v) is 2.77. The van der Waals surface area contributed by atoms with Crippen LogP contribution in [0.2, 0.25) is 0 Å². The molecular formula is C21H24N4. The van der Waals surface area contributed by atoms with Gasteiger partial charge in [0, 0.05) is 12.0 Å². The van der Waals surface area contributed by atoms with Crippen molar-refractivity contribution in [3.63, 3.8) is 0 Å². The van der Waals surface area contributed by atoms with Crippen LogP contribution in [0.5, 0.6) is 0 Å². The summed E-state index contributed by atoms with van der Waals surface area (Å²) in [4.78, 5) is 9.37. The van der Waals surface area contributed by atoms with Crippen molar-refractivity contribution in [3.8, 4) is 11.3 Å². The first-order valence-electron chi connectivity index (χ1n) is 8.52. The summed E-state index contributed by atoms with van der Waals surface area (Å²) in [7, 11) is 0. The van der Waals surface area contributed by atoms with Gasteiger partial charge in [0.2, 0.25) is 0 Å². The Hall–Kier alpha value is -2.75. The summed E-state index contributed by atoms with van der Waals surface area (Å²) in [5, 5.41) is 7.34. The van der Waals surface area contributed by atoms with Crippen molar-refractivity contribution >= 4 is 16.9 Å². The van der Waals surface area contributed by atoms with Crippen molar-refractivity contribution in [1.82, 2.24) is 9.97 Å². The van der Waals surface area contributed by atoms with Crippen molar-refractivity contribution in [2.24, 2.45) is 5.73 Å². The molecule has 4 heteroatoms. The molecule has 2 aromatic carbocycles. The summed E-state index contributed by atoms with van der Waals surface area (Å²) in [5.41, 5.74) is 11.7. The molecule has 0 aliphatic rings. The molecule has 0 saturated heterocycles. The lowest BCUT2D eigenvalue weighted by atomic mass is 9.86. The van der Waals surface area contributed by atoms with Gasteiger partial charge in [-0.3, -0.25) is 10.4 Å². The number of rotatable bonds is 4. The first kappa shape index (κ1) is 17.1. The number of aromatic nitrogens is 2. The summed E-state index contributed by atoms with van der Waals surface area (Å²) in [5.74, 6) is 0.209. The van der Waals surface area contributed by atoms with Gasteiger partial charge in [-0.2, -0.15) is 0 Å². The number of hydrogen-bond donors (Lipinski definition) is 2. The van der Waals surface area contributed by atoms with Crippen LogP contribution in [0.1, 0.15) is 38.3 Å². The molecule has 0 aliphatic carbocycles. The first-order valence-corrected chi connectivity index (χ1v) is 8.52. The summed E-state index contributed by atoms with van der Waals surface area (Å²) >= 11 is 0. The lowest BCUT2D eigenvalue weighted by Gasteiger charge is -2.19. The molecule has 1 aromatic heterocycles. The lowest BCUT2D eigenvalue weighted by Crippen LogP contribution is -2.10. The number of nitrogens with two attached hydrogens (primary N) is 1. The Morgan fingerprint density at radius 2 is 1.88 bits per heavy atom. The second kappa shape index (κ2) is 6.63. The smallest absolute Gasteiger partial charge is 0.0908 e. The number of hydrogen-bond acceptors (Lipinski definition) is 3. The van der Waals surface area contributed by atoms with E-state index in [1.165, 1.54) is 5.56 Å². The Morgan fingerprint density at radius 3 is 2.60 bits per heavy atom. The number of benzene rings is 2. The molecule has 128 valence electrons. The molecule has 0 unspecified atom stereocenters. The van der Waals surface area contributed by atoms with Crippen molar-refractivity contribution in [1.29, 1.82) is 5.41 Å². The average molecular weight is 332 g/mol. The molecule has 0 bridgehead atoms. The third-order valence-corrected chi connectivity index (χ3v) is 4.31. The van der Waals surface area contributed by atoms with E-state index in [4.69, 9.17) is 16.1 Å². The molecule has 25 heavy (non-hydrogen) atoms. The molecule has 0 aliphatic heterocycles. The van der Waals surface area contributed by atoms with Gasteiger partial charge in [-0.1, -0.05) is 45.0 Å². The summed E-state index contributed by atoms with van der Waals surface area (Å²) < 4.78 is 0. The van der Waals surface area contributed by atoms with E-state index in [9.17, 15) is 0 Å². The summed E-state index contributed by atoms with van der Waals surface area (Å²) in [6.45, 7) is 6.63. The monoisotopic (exact) mass is 332 g/mol. The SMILES string of the molecule is CC(C)(C)c1cccc(-c2cnc3cc(CCC(=N)N)ccc3n2)c1. The van der Waals surface area contributed by atoms with Gasteiger partial charge in [0.15, 0.2) is 0 Å². The van der Waals surface area contributed by atoms with Crippen molar-refractivity contribution in [2.75, 3.05) is 0 Å². The number of nitrogens with zero attached hydrogens (tertiary/aromatic N) is 2. The molecule has 0 spiro atoms. The highest BCUT2D eigenvalue weighted by molar-refractivity contribution is 5.79. The maximum absolute atomic E-state index is 7.34. The minimum atomic E-state index is 0.103. The zero-order valence-corrected chi connectivity index (χ0v) is 15.0. The van der Waals surface area contributed by atoms with E-state index in [0.717, 1.165) is 34.3 Å². The highest BCUT2D eigenvalue weighted by atomic mass is 14.8. The Kier molecular flexibility index (Phi) is 4.53. The summed E-state index contributed by atoms with van der Waals surface area (Å²) in [6, 6.07) is 14.6. The standard InChI is InChI=1S/C21H24N4/c1-21(2,3)16-6-4-5-15(12-16)19-13-24-18-11-14(8-10-20(22)23)7-9-17(18)25-19/h4-7,9,11-13H,8,10H2,1-3H3,(H3,22,23). The Morgan fingerprint density at radius 1 is 1.08 bits per heavy atom. The van der Waals surface area contributed by atoms with Gasteiger partial charge in [0.05, 0.1) is 28.8 Å². The van der Waals surface area contributed by atoms with Crippen LogP contribution in [0, 0.1) is 5.41 Å². The molecule has 1 heterocycles. The Labute approximate surface area is 148 Å². The molecule has 0 fully saturated rings. The van der Waals surface area contributed by atoms with Crippen LogP contribution in [0.15, 0.2) is 48.7 Å². The predicted octanol–water partition coefficient (Wildman–Crippen LogP) is 4.46. The van der Waals surface area contributed by atoms with Crippen molar-refractivity contribution in [2.45, 2.75) is 39.0 Å². The Bertz CT molecular complexity index is 923. The quantitative estimate of drug-likeness (QED) is 0.547. The van der Waals surface area contributed by atoms with Gasteiger partial charge >= 0.3 is 0 Å². The largest absolute Gasteiger partial charge is 0.388 e. The van der Waals surface area contributed by atoms with E-state index < -0.39 is 0 Å². The van der Waals surface area contributed by atoms with Crippen LogP contribution in [-0.2, 0) is 11.8 Å². The van der Waals surface area contributed by atoms with Crippen molar-refractivity contribution < 1.29 is 0 Å². The van der Waals surface area contributed by atoms with E-state index in [1.54, 1.807) is 0 Å². The first-order chi connectivity index (χ1) is 11.8. The fraction of sp³-hybridized carbons (Fsp3) is 0.286. The average Bonchev–Trinajstić information content (AvgIpc) is 2.58. The molecule has 0 radical (unpaired) electrons. The number of fused-ring (bicyclic) bond motifs is 1. The van der Waals surface area contributed by atoms with Crippen LogP contribution in [0.25, 0.3) is 22.3 Å². The molecule has 0 saturated carbocycles. The molecule has 0 atom stereocenters. The zero-order valence-electron chi connectivity index (χ0n) is 15.0. The van der Waals surface area contributed by atoms with Crippen LogP contribution < -0.4 is 5.73 Å². The molecule has 4 nitrogen and oxygen atoms in total. The fourth-order valence-electron chi connectivity index (χ4n) is 2.77. The van der Waals surface area contributed by atoms with Gasteiger partial charge in [-0.25, -0.2) is 4.98 Å². The van der Waals surface area contributed by atoms with Crippen LogP contribution in [0.4, 0.5) is 0 Å². The van der Waals surface area contributed by atoms with Gasteiger partial charge in [-0.05, 0) is 41.2 Å². The highest BCUT2D eigenvalue weighted by Gasteiger charge is 2.14. The Balaban J connectivity index is 1.94. The van der Waals surface area contributed by atoms with E-state index in [-0.39, 0.29) is 11.3 Å². The number of nitrogens with one attached hydrogen (secondary N) is 1. The molecular weight excluding hydrogens is 308 g/mol. The van der Waals surface area contributed by atoms with E-state index in [1.807, 2.05) is 24.4 Å². The third-order valence-electron chi connectivity index (χ3n) is 4.31. The molecule has 3 aromatic rings. The van der Waals surface area contributed by atoms with Crippen molar-refractivity contribution in [3.05, 3.63) is 59.8 Å². The summed E-state index contributed by atoms with van der Waals surface area (Å²) in [6.07, 6.45) is 3.15. The van der Waals surface area contributed by atoms with Gasteiger partial charge in [0.1, 0.15) is 0 Å². The molecule has 3 N–H and O–H groups in total. The minimum Gasteiger partial charge on any atom is -0.388 e. The second-order valence-electron chi connectivity index (χ2n) is 7.43. The van der Waals surface area contributed by atoms with Gasteiger partial charge < -0.3 is 5.73 Å². The van der Waals surface area contributed by atoms with E-state index in [2.05, 4.69) is 50.0 Å². The predicted molar refractivity (Wildman–Crippen MR) is 104 cm³/mol. The van der Waals surface area contributed by atoms with E-state index >= 15 is 0 Å². The number of aryl methyl sites for hydroxylation is 1. The van der Waals surface area contributed by atoms with Gasteiger partial charge in [0.25, 0.3) is 0 Å². The third kappa shape index (κ3) is 4.02. The minimum absolute atomic E-state index is 0.103. The molecule has 0 amide bonds. The maximum Gasteiger partial charge on any atom is 0.0908 e. The normalized spacial score (nSPS) is 11.6. The van der Waals surface area contributed by atoms with Crippen LogP contribution in [0.3, 0.4) is 0 Å². The topological polar surface area (TPSA) is 75.7 Å². The van der Waals surface area contributed by atoms with Gasteiger partial charge in [-0.15, -0.1) is 0 Å². The van der Waals surface area contributed by atoms with Crippen LogP contribution >= 0.6 is 0 Å². The second-order valence-corrected chi connectivity index (χ2v) is 7.43. The highest BCUT2D eigenvalue weighted by Crippen LogP contribution is 2.27. The zero-order chi connectivity index (χ0) is 18.0.